The first-order chi connectivity index (χ1) is 6.20. The lowest BCUT2D eigenvalue weighted by Gasteiger charge is -2.10. The molecule has 0 rings (SSSR count). The fourth-order valence-electron chi connectivity index (χ4n) is 0.701. The number of rotatable bonds is 7. The quantitative estimate of drug-likeness (QED) is 0.595. The van der Waals surface area contributed by atoms with Gasteiger partial charge in [-0.15, -0.1) is 0 Å². The van der Waals surface area contributed by atoms with Gasteiger partial charge < -0.3 is 14.8 Å². The Balaban J connectivity index is 3.30. The third kappa shape index (κ3) is 7.74. The molecular formula is C9H19NO3. The highest BCUT2D eigenvalue weighted by atomic mass is 16.5. The number of hydrogen-bond acceptors (Lipinski definition) is 3. The average Bonchev–Trinajstić information content (AvgIpc) is 2.14. The van der Waals surface area contributed by atoms with Crippen molar-refractivity contribution in [3.05, 3.63) is 0 Å². The molecule has 1 N–H and O–H groups in total. The average molecular weight is 189 g/mol. The number of amides is 1. The van der Waals surface area contributed by atoms with Crippen molar-refractivity contribution in [3.63, 3.8) is 0 Å². The highest BCUT2D eigenvalue weighted by molar-refractivity contribution is 5.77. The van der Waals surface area contributed by atoms with E-state index in [9.17, 15) is 4.79 Å². The Hall–Kier alpha value is -0.610. The van der Waals surface area contributed by atoms with Crippen LogP contribution in [0.15, 0.2) is 0 Å². The van der Waals surface area contributed by atoms with E-state index < -0.39 is 0 Å². The zero-order valence-electron chi connectivity index (χ0n) is 8.63. The van der Waals surface area contributed by atoms with Crippen LogP contribution in [0.25, 0.3) is 0 Å². The number of carbonyl (C=O) groups excluding carboxylic acids is 1. The number of carbonyl (C=O) groups is 1. The van der Waals surface area contributed by atoms with Crippen molar-refractivity contribution in [1.29, 1.82) is 0 Å². The maximum absolute atomic E-state index is 11.0. The van der Waals surface area contributed by atoms with E-state index >= 15 is 0 Å². The molecule has 0 heterocycles. The SMILES string of the molecule is CCCOCC(=O)NCC(C)OC. The molecular weight excluding hydrogens is 170 g/mol. The topological polar surface area (TPSA) is 47.6 Å². The fraction of sp³-hybridized carbons (Fsp3) is 0.889. The molecule has 0 aliphatic heterocycles. The van der Waals surface area contributed by atoms with Crippen molar-refractivity contribution in [3.8, 4) is 0 Å². The molecule has 0 aromatic rings. The zero-order chi connectivity index (χ0) is 10.1. The van der Waals surface area contributed by atoms with Crippen LogP contribution < -0.4 is 5.32 Å². The van der Waals surface area contributed by atoms with E-state index in [1.54, 1.807) is 7.11 Å². The normalized spacial score (nSPS) is 12.5. The Morgan fingerprint density at radius 2 is 2.23 bits per heavy atom. The minimum atomic E-state index is -0.0858. The molecule has 0 aromatic heterocycles. The lowest BCUT2D eigenvalue weighted by molar-refractivity contribution is -0.126. The molecule has 4 heteroatoms. The van der Waals surface area contributed by atoms with Crippen LogP contribution in [0.3, 0.4) is 0 Å². The predicted octanol–water partition coefficient (Wildman–Crippen LogP) is 0.564. The number of nitrogens with one attached hydrogen (secondary N) is 1. The summed E-state index contributed by atoms with van der Waals surface area (Å²) in [5.74, 6) is -0.0858. The van der Waals surface area contributed by atoms with Crippen LogP contribution in [0, 0.1) is 0 Å². The number of ether oxygens (including phenoxy) is 2. The van der Waals surface area contributed by atoms with Gasteiger partial charge in [0.2, 0.25) is 5.91 Å². The molecule has 0 bridgehead atoms. The van der Waals surface area contributed by atoms with E-state index in [1.807, 2.05) is 13.8 Å². The van der Waals surface area contributed by atoms with Crippen LogP contribution in [0.2, 0.25) is 0 Å². The summed E-state index contributed by atoms with van der Waals surface area (Å²) in [5.41, 5.74) is 0. The van der Waals surface area contributed by atoms with Crippen LogP contribution in [0.1, 0.15) is 20.3 Å². The second-order valence-electron chi connectivity index (χ2n) is 2.90. The maximum atomic E-state index is 11.0. The molecule has 0 aliphatic carbocycles. The number of methoxy groups -OCH3 is 1. The number of hydrogen-bond donors (Lipinski definition) is 1. The Morgan fingerprint density at radius 3 is 2.77 bits per heavy atom. The fourth-order valence-corrected chi connectivity index (χ4v) is 0.701. The Morgan fingerprint density at radius 1 is 1.54 bits per heavy atom. The van der Waals surface area contributed by atoms with Gasteiger partial charge in [-0.1, -0.05) is 6.92 Å². The molecule has 1 amide bonds. The third-order valence-corrected chi connectivity index (χ3v) is 1.57. The van der Waals surface area contributed by atoms with E-state index in [4.69, 9.17) is 9.47 Å². The Kier molecular flexibility index (Phi) is 7.63. The zero-order valence-corrected chi connectivity index (χ0v) is 8.63. The van der Waals surface area contributed by atoms with Gasteiger partial charge in [0.1, 0.15) is 6.61 Å². The summed E-state index contributed by atoms with van der Waals surface area (Å²) in [5, 5.41) is 2.70. The summed E-state index contributed by atoms with van der Waals surface area (Å²) in [6.45, 7) is 5.21. The predicted molar refractivity (Wildman–Crippen MR) is 50.6 cm³/mol. The standard InChI is InChI=1S/C9H19NO3/c1-4-5-13-7-9(11)10-6-8(2)12-3/h8H,4-7H2,1-3H3,(H,10,11). The third-order valence-electron chi connectivity index (χ3n) is 1.57. The van der Waals surface area contributed by atoms with E-state index in [-0.39, 0.29) is 18.6 Å². The van der Waals surface area contributed by atoms with Gasteiger partial charge in [-0.3, -0.25) is 4.79 Å². The molecule has 0 saturated carbocycles. The molecule has 0 aliphatic rings. The van der Waals surface area contributed by atoms with Gasteiger partial charge in [-0.25, -0.2) is 0 Å². The van der Waals surface area contributed by atoms with Crippen molar-refractivity contribution < 1.29 is 14.3 Å². The van der Waals surface area contributed by atoms with Gasteiger partial charge in [0.25, 0.3) is 0 Å². The highest BCUT2D eigenvalue weighted by Crippen LogP contribution is 1.84. The van der Waals surface area contributed by atoms with Crippen LogP contribution in [-0.4, -0.2) is 38.9 Å². The lowest BCUT2D eigenvalue weighted by atomic mass is 10.4. The summed E-state index contributed by atoms with van der Waals surface area (Å²) in [6, 6.07) is 0. The van der Waals surface area contributed by atoms with Gasteiger partial charge >= 0.3 is 0 Å². The van der Waals surface area contributed by atoms with Crippen molar-refractivity contribution in [2.24, 2.45) is 0 Å². The van der Waals surface area contributed by atoms with Gasteiger partial charge in [0.15, 0.2) is 0 Å². The molecule has 4 nitrogen and oxygen atoms in total. The van der Waals surface area contributed by atoms with Gasteiger partial charge in [0.05, 0.1) is 6.10 Å². The van der Waals surface area contributed by atoms with Crippen molar-refractivity contribution in [1.82, 2.24) is 5.32 Å². The molecule has 0 spiro atoms. The van der Waals surface area contributed by atoms with Crippen LogP contribution in [-0.2, 0) is 14.3 Å². The first kappa shape index (κ1) is 12.4. The van der Waals surface area contributed by atoms with E-state index in [1.165, 1.54) is 0 Å². The van der Waals surface area contributed by atoms with Crippen LogP contribution in [0.4, 0.5) is 0 Å². The second-order valence-corrected chi connectivity index (χ2v) is 2.90. The maximum Gasteiger partial charge on any atom is 0.246 e. The Bertz CT molecular complexity index is 139. The summed E-state index contributed by atoms with van der Waals surface area (Å²) in [6.07, 6.45) is 0.983. The molecule has 1 atom stereocenters. The lowest BCUT2D eigenvalue weighted by Crippen LogP contribution is -2.34. The minimum Gasteiger partial charge on any atom is -0.380 e. The minimum absolute atomic E-state index is 0.0510. The summed E-state index contributed by atoms with van der Waals surface area (Å²) < 4.78 is 10.0. The summed E-state index contributed by atoms with van der Waals surface area (Å²) in [7, 11) is 1.62. The molecule has 0 radical (unpaired) electrons. The van der Waals surface area contributed by atoms with E-state index in [2.05, 4.69) is 5.32 Å². The largest absolute Gasteiger partial charge is 0.380 e. The molecule has 78 valence electrons. The molecule has 0 aromatic carbocycles. The van der Waals surface area contributed by atoms with E-state index in [0.717, 1.165) is 6.42 Å². The summed E-state index contributed by atoms with van der Waals surface area (Å²) in [4.78, 5) is 11.0. The van der Waals surface area contributed by atoms with Crippen molar-refractivity contribution in [2.75, 3.05) is 26.9 Å². The summed E-state index contributed by atoms with van der Waals surface area (Å²) >= 11 is 0. The van der Waals surface area contributed by atoms with Gasteiger partial charge in [-0.05, 0) is 13.3 Å². The van der Waals surface area contributed by atoms with Crippen LogP contribution >= 0.6 is 0 Å². The van der Waals surface area contributed by atoms with Crippen LogP contribution in [0.5, 0.6) is 0 Å². The second kappa shape index (κ2) is 8.01. The first-order valence-corrected chi connectivity index (χ1v) is 4.58. The Labute approximate surface area is 79.6 Å². The highest BCUT2D eigenvalue weighted by Gasteiger charge is 2.03. The molecule has 0 fully saturated rings. The first-order valence-electron chi connectivity index (χ1n) is 4.58. The molecule has 1 unspecified atom stereocenters. The van der Waals surface area contributed by atoms with Crippen molar-refractivity contribution in [2.45, 2.75) is 26.4 Å². The smallest absolute Gasteiger partial charge is 0.246 e. The monoisotopic (exact) mass is 189 g/mol. The van der Waals surface area contributed by atoms with Crippen molar-refractivity contribution >= 4 is 5.91 Å². The van der Waals surface area contributed by atoms with E-state index in [0.29, 0.717) is 13.2 Å². The molecule has 13 heavy (non-hydrogen) atoms. The van der Waals surface area contributed by atoms with Gasteiger partial charge in [0, 0.05) is 20.3 Å². The molecule has 0 saturated heterocycles. The van der Waals surface area contributed by atoms with Gasteiger partial charge in [-0.2, -0.15) is 0 Å².